The third-order valence-electron chi connectivity index (χ3n) is 1.97. The Kier molecular flexibility index (Phi) is 3.87. The van der Waals surface area contributed by atoms with Crippen LogP contribution in [0.4, 0.5) is 0 Å². The molecule has 1 rings (SSSR count). The van der Waals surface area contributed by atoms with Crippen molar-refractivity contribution < 1.29 is 9.53 Å². The molecule has 0 spiro atoms. The first-order valence-electron chi connectivity index (χ1n) is 4.87. The molecule has 0 heterocycles. The summed E-state index contributed by atoms with van der Waals surface area (Å²) < 4.78 is 5.38. The quantitative estimate of drug-likeness (QED) is 0.706. The van der Waals surface area contributed by atoms with Crippen LogP contribution in [-0.2, 0) is 0 Å². The van der Waals surface area contributed by atoms with Gasteiger partial charge in [0.05, 0.1) is 12.2 Å². The Bertz CT molecular complexity index is 405. The maximum absolute atomic E-state index is 11.1. The van der Waals surface area contributed by atoms with Gasteiger partial charge in [0.1, 0.15) is 11.8 Å². The van der Waals surface area contributed by atoms with Crippen molar-refractivity contribution in [3.05, 3.63) is 29.3 Å². The first-order valence-corrected chi connectivity index (χ1v) is 4.87. The zero-order chi connectivity index (χ0) is 11.3. The highest BCUT2D eigenvalue weighted by molar-refractivity contribution is 5.94. The third kappa shape index (κ3) is 2.81. The fourth-order valence-electron chi connectivity index (χ4n) is 1.17. The summed E-state index contributed by atoms with van der Waals surface area (Å²) in [5.74, 6) is 0.498. The van der Waals surface area contributed by atoms with Gasteiger partial charge < -0.3 is 4.74 Å². The number of nitriles is 1. The van der Waals surface area contributed by atoms with Crippen LogP contribution in [0, 0.1) is 11.3 Å². The number of carbonyl (C=O) groups is 1. The lowest BCUT2D eigenvalue weighted by Gasteiger charge is -2.06. The van der Waals surface area contributed by atoms with E-state index >= 15 is 0 Å². The van der Waals surface area contributed by atoms with Gasteiger partial charge in [-0.3, -0.25) is 4.79 Å². The summed E-state index contributed by atoms with van der Waals surface area (Å²) in [4.78, 5) is 11.1. The van der Waals surface area contributed by atoms with E-state index in [2.05, 4.69) is 0 Å². The Morgan fingerprint density at radius 3 is 2.80 bits per heavy atom. The fraction of sp³-hybridized carbons (Fsp3) is 0.333. The number of nitrogens with zero attached hydrogens (tertiary/aromatic N) is 1. The molecular formula is C12H13NO2. The van der Waals surface area contributed by atoms with E-state index in [-0.39, 0.29) is 5.78 Å². The van der Waals surface area contributed by atoms with Crippen LogP contribution in [0.1, 0.15) is 36.2 Å². The Balaban J connectivity index is 3.00. The molecule has 0 unspecified atom stereocenters. The molecule has 3 heteroatoms. The zero-order valence-electron chi connectivity index (χ0n) is 8.91. The second-order valence-electron chi connectivity index (χ2n) is 3.23. The van der Waals surface area contributed by atoms with E-state index in [0.717, 1.165) is 6.42 Å². The first-order chi connectivity index (χ1) is 7.19. The summed E-state index contributed by atoms with van der Waals surface area (Å²) in [6, 6.07) is 6.93. The highest BCUT2D eigenvalue weighted by Crippen LogP contribution is 2.19. The summed E-state index contributed by atoms with van der Waals surface area (Å²) in [7, 11) is 0. The number of ether oxygens (including phenoxy) is 1. The van der Waals surface area contributed by atoms with E-state index in [4.69, 9.17) is 10.00 Å². The van der Waals surface area contributed by atoms with Gasteiger partial charge in [0.25, 0.3) is 0 Å². The molecule has 0 radical (unpaired) electrons. The third-order valence-corrected chi connectivity index (χ3v) is 1.97. The molecular weight excluding hydrogens is 190 g/mol. The number of Topliss-reactive ketones (excluding diaryl/α,β-unsaturated/α-hetero) is 1. The largest absolute Gasteiger partial charge is 0.492 e. The Labute approximate surface area is 89.3 Å². The topological polar surface area (TPSA) is 50.1 Å². The standard InChI is InChI=1S/C12H13NO2/c1-3-6-15-12-5-4-10(9(2)14)7-11(12)8-13/h4-5,7H,3,6H2,1-2H3. The molecule has 0 saturated carbocycles. The minimum absolute atomic E-state index is 0.0476. The van der Waals surface area contributed by atoms with E-state index < -0.39 is 0 Å². The van der Waals surface area contributed by atoms with Crippen molar-refractivity contribution in [2.24, 2.45) is 0 Å². The number of ketones is 1. The molecule has 1 aromatic carbocycles. The lowest BCUT2D eigenvalue weighted by molar-refractivity contribution is 0.101. The molecule has 3 nitrogen and oxygen atoms in total. The molecule has 0 aromatic heterocycles. The van der Waals surface area contributed by atoms with Crippen molar-refractivity contribution >= 4 is 5.78 Å². The average Bonchev–Trinajstić information content (AvgIpc) is 2.25. The SMILES string of the molecule is CCCOc1ccc(C(C)=O)cc1C#N. The predicted octanol–water partition coefficient (Wildman–Crippen LogP) is 2.55. The van der Waals surface area contributed by atoms with Gasteiger partial charge in [0.15, 0.2) is 5.78 Å². The van der Waals surface area contributed by atoms with Crippen molar-refractivity contribution in [3.63, 3.8) is 0 Å². The van der Waals surface area contributed by atoms with Gasteiger partial charge in [-0.15, -0.1) is 0 Å². The fourth-order valence-corrected chi connectivity index (χ4v) is 1.17. The molecule has 15 heavy (non-hydrogen) atoms. The molecule has 0 fully saturated rings. The Morgan fingerprint density at radius 2 is 2.27 bits per heavy atom. The maximum atomic E-state index is 11.1. The predicted molar refractivity (Wildman–Crippen MR) is 56.9 cm³/mol. The van der Waals surface area contributed by atoms with Crippen LogP contribution in [0.2, 0.25) is 0 Å². The van der Waals surface area contributed by atoms with Gasteiger partial charge in [-0.25, -0.2) is 0 Å². The summed E-state index contributed by atoms with van der Waals surface area (Å²) >= 11 is 0. The van der Waals surface area contributed by atoms with Crippen LogP contribution < -0.4 is 4.74 Å². The molecule has 0 bridgehead atoms. The average molecular weight is 203 g/mol. The monoisotopic (exact) mass is 203 g/mol. The van der Waals surface area contributed by atoms with Crippen LogP contribution in [-0.4, -0.2) is 12.4 Å². The van der Waals surface area contributed by atoms with Crippen molar-refractivity contribution in [1.82, 2.24) is 0 Å². The lowest BCUT2D eigenvalue weighted by Crippen LogP contribution is -1.99. The molecule has 0 aliphatic rings. The highest BCUT2D eigenvalue weighted by Gasteiger charge is 2.06. The highest BCUT2D eigenvalue weighted by atomic mass is 16.5. The van der Waals surface area contributed by atoms with Gasteiger partial charge in [0, 0.05) is 5.56 Å². The zero-order valence-corrected chi connectivity index (χ0v) is 8.91. The van der Waals surface area contributed by atoms with Crippen molar-refractivity contribution in [3.8, 4) is 11.8 Å². The van der Waals surface area contributed by atoms with E-state index in [1.807, 2.05) is 13.0 Å². The van der Waals surface area contributed by atoms with Crippen LogP contribution >= 0.6 is 0 Å². The molecule has 0 atom stereocenters. The van der Waals surface area contributed by atoms with E-state index in [1.165, 1.54) is 6.92 Å². The molecule has 0 N–H and O–H groups in total. The van der Waals surface area contributed by atoms with E-state index in [9.17, 15) is 4.79 Å². The Hall–Kier alpha value is -1.82. The van der Waals surface area contributed by atoms with Gasteiger partial charge in [-0.05, 0) is 31.5 Å². The molecule has 1 aromatic rings. The maximum Gasteiger partial charge on any atom is 0.159 e. The summed E-state index contributed by atoms with van der Waals surface area (Å²) in [6.45, 7) is 4.05. The minimum atomic E-state index is -0.0476. The molecule has 0 aliphatic carbocycles. The number of hydrogen-bond donors (Lipinski definition) is 0. The number of rotatable bonds is 4. The van der Waals surface area contributed by atoms with Crippen molar-refractivity contribution in [1.29, 1.82) is 5.26 Å². The molecule has 0 amide bonds. The minimum Gasteiger partial charge on any atom is -0.492 e. The molecule has 0 saturated heterocycles. The smallest absolute Gasteiger partial charge is 0.159 e. The Morgan fingerprint density at radius 1 is 1.53 bits per heavy atom. The van der Waals surface area contributed by atoms with Gasteiger partial charge in [0.2, 0.25) is 0 Å². The summed E-state index contributed by atoms with van der Waals surface area (Å²) in [6.07, 6.45) is 0.888. The normalized spacial score (nSPS) is 9.40. The number of benzene rings is 1. The summed E-state index contributed by atoms with van der Waals surface area (Å²) in [5.41, 5.74) is 0.951. The second-order valence-corrected chi connectivity index (χ2v) is 3.23. The van der Waals surface area contributed by atoms with Gasteiger partial charge in [-0.1, -0.05) is 6.92 Å². The van der Waals surface area contributed by atoms with Gasteiger partial charge >= 0.3 is 0 Å². The van der Waals surface area contributed by atoms with Crippen LogP contribution in [0.3, 0.4) is 0 Å². The van der Waals surface area contributed by atoms with Crippen LogP contribution in [0.15, 0.2) is 18.2 Å². The van der Waals surface area contributed by atoms with Crippen LogP contribution in [0.25, 0.3) is 0 Å². The first kappa shape index (κ1) is 11.3. The van der Waals surface area contributed by atoms with Crippen molar-refractivity contribution in [2.45, 2.75) is 20.3 Å². The molecule has 78 valence electrons. The van der Waals surface area contributed by atoms with Gasteiger partial charge in [-0.2, -0.15) is 5.26 Å². The summed E-state index contributed by atoms with van der Waals surface area (Å²) in [5, 5.41) is 8.88. The lowest BCUT2D eigenvalue weighted by atomic mass is 10.1. The van der Waals surface area contributed by atoms with E-state index in [1.54, 1.807) is 18.2 Å². The van der Waals surface area contributed by atoms with Crippen molar-refractivity contribution in [2.75, 3.05) is 6.61 Å². The number of hydrogen-bond acceptors (Lipinski definition) is 3. The number of carbonyl (C=O) groups excluding carboxylic acids is 1. The molecule has 0 aliphatic heterocycles. The second kappa shape index (κ2) is 5.16. The van der Waals surface area contributed by atoms with E-state index in [0.29, 0.717) is 23.5 Å². The van der Waals surface area contributed by atoms with Crippen LogP contribution in [0.5, 0.6) is 5.75 Å².